The van der Waals surface area contributed by atoms with Gasteiger partial charge in [0.2, 0.25) is 0 Å². The maximum absolute atomic E-state index is 5.51. The maximum Gasteiger partial charge on any atom is 0.179 e. The lowest BCUT2D eigenvalue weighted by atomic mass is 10.1. The molecule has 4 heteroatoms. The van der Waals surface area contributed by atoms with Gasteiger partial charge in [-0.1, -0.05) is 0 Å². The van der Waals surface area contributed by atoms with Gasteiger partial charge < -0.3 is 8.83 Å². The van der Waals surface area contributed by atoms with Crippen LogP contribution in [0.25, 0.3) is 33.0 Å². The van der Waals surface area contributed by atoms with Crippen molar-refractivity contribution in [2.45, 2.75) is 13.8 Å². The summed E-state index contributed by atoms with van der Waals surface area (Å²) in [5, 5.41) is 1.89. The van der Waals surface area contributed by atoms with E-state index in [4.69, 9.17) is 8.83 Å². The largest absolute Gasteiger partial charge is 0.460 e. The van der Waals surface area contributed by atoms with Crippen LogP contribution in [-0.4, -0.2) is 9.97 Å². The Morgan fingerprint density at radius 1 is 0.778 bits per heavy atom. The van der Waals surface area contributed by atoms with Crippen LogP contribution in [0.3, 0.4) is 0 Å². The van der Waals surface area contributed by atoms with Crippen LogP contribution in [0.5, 0.6) is 0 Å². The lowest BCUT2D eigenvalue weighted by Crippen LogP contribution is -1.94. The summed E-state index contributed by atoms with van der Waals surface area (Å²) < 4.78 is 11.0. The fourth-order valence-corrected chi connectivity index (χ4v) is 2.32. The zero-order valence-corrected chi connectivity index (χ0v) is 10.0. The van der Waals surface area contributed by atoms with Crippen molar-refractivity contribution < 1.29 is 8.83 Å². The number of furan rings is 2. The average Bonchev–Trinajstić information content (AvgIpc) is 2.97. The van der Waals surface area contributed by atoms with E-state index in [1.54, 1.807) is 12.5 Å². The summed E-state index contributed by atoms with van der Waals surface area (Å²) in [6.07, 6.45) is 3.31. The Kier molecular flexibility index (Phi) is 1.66. The number of hydrogen-bond donors (Lipinski definition) is 0. The molecule has 0 atom stereocenters. The van der Waals surface area contributed by atoms with Crippen LogP contribution in [0.4, 0.5) is 0 Å². The fourth-order valence-electron chi connectivity index (χ4n) is 2.32. The first-order valence-corrected chi connectivity index (χ1v) is 5.77. The highest BCUT2D eigenvalue weighted by Gasteiger charge is 2.16. The number of hydrogen-bond acceptors (Lipinski definition) is 4. The van der Waals surface area contributed by atoms with Crippen LogP contribution in [0.2, 0.25) is 0 Å². The Labute approximate surface area is 102 Å². The van der Waals surface area contributed by atoms with E-state index in [1.165, 1.54) is 0 Å². The minimum Gasteiger partial charge on any atom is -0.460 e. The Hall–Kier alpha value is -2.36. The highest BCUT2D eigenvalue weighted by Crippen LogP contribution is 2.34. The molecule has 0 radical (unpaired) electrons. The van der Waals surface area contributed by atoms with E-state index in [-0.39, 0.29) is 0 Å². The van der Waals surface area contributed by atoms with Crippen LogP contribution in [0, 0.1) is 13.8 Å². The van der Waals surface area contributed by atoms with Crippen molar-refractivity contribution in [1.29, 1.82) is 0 Å². The van der Waals surface area contributed by atoms with E-state index in [0.29, 0.717) is 0 Å². The van der Waals surface area contributed by atoms with Gasteiger partial charge in [0.15, 0.2) is 11.2 Å². The SMILES string of the molecule is Cc1nc2c3ccoc3c3occc3c2nc1C. The first-order valence-electron chi connectivity index (χ1n) is 5.77. The predicted molar refractivity (Wildman–Crippen MR) is 68.6 cm³/mol. The Bertz CT molecular complexity index is 827. The molecule has 0 unspecified atom stereocenters. The van der Waals surface area contributed by atoms with E-state index >= 15 is 0 Å². The van der Waals surface area contributed by atoms with Gasteiger partial charge in [-0.15, -0.1) is 0 Å². The normalized spacial score (nSPS) is 11.9. The highest BCUT2D eigenvalue weighted by atomic mass is 16.4. The number of aryl methyl sites for hydroxylation is 2. The van der Waals surface area contributed by atoms with Crippen LogP contribution in [-0.2, 0) is 0 Å². The molecule has 0 aliphatic heterocycles. The number of rotatable bonds is 0. The monoisotopic (exact) mass is 238 g/mol. The van der Waals surface area contributed by atoms with Crippen LogP contribution in [0.15, 0.2) is 33.5 Å². The van der Waals surface area contributed by atoms with Crippen molar-refractivity contribution in [3.63, 3.8) is 0 Å². The molecular formula is C14H10N2O2. The van der Waals surface area contributed by atoms with Gasteiger partial charge in [0.1, 0.15) is 11.0 Å². The lowest BCUT2D eigenvalue weighted by molar-refractivity contribution is 0.583. The lowest BCUT2D eigenvalue weighted by Gasteiger charge is -2.04. The second-order valence-electron chi connectivity index (χ2n) is 4.42. The summed E-state index contributed by atoms with van der Waals surface area (Å²) in [4.78, 5) is 9.28. The van der Waals surface area contributed by atoms with Gasteiger partial charge in [-0.2, -0.15) is 0 Å². The van der Waals surface area contributed by atoms with E-state index in [0.717, 1.165) is 44.4 Å². The summed E-state index contributed by atoms with van der Waals surface area (Å²) >= 11 is 0. The molecule has 0 saturated carbocycles. The van der Waals surface area contributed by atoms with Crippen molar-refractivity contribution in [2.75, 3.05) is 0 Å². The molecule has 0 saturated heterocycles. The number of aromatic nitrogens is 2. The third kappa shape index (κ3) is 1.05. The zero-order valence-electron chi connectivity index (χ0n) is 10.0. The summed E-state index contributed by atoms with van der Waals surface area (Å²) in [5.74, 6) is 0. The molecule has 0 aliphatic rings. The Morgan fingerprint density at radius 3 is 1.67 bits per heavy atom. The van der Waals surface area contributed by atoms with E-state index in [2.05, 4.69) is 9.97 Å². The van der Waals surface area contributed by atoms with E-state index in [9.17, 15) is 0 Å². The van der Waals surface area contributed by atoms with Crippen molar-refractivity contribution in [3.8, 4) is 0 Å². The second kappa shape index (κ2) is 3.10. The molecule has 88 valence electrons. The van der Waals surface area contributed by atoms with Crippen LogP contribution < -0.4 is 0 Å². The minimum absolute atomic E-state index is 0.736. The summed E-state index contributed by atoms with van der Waals surface area (Å²) in [6, 6.07) is 3.81. The Morgan fingerprint density at radius 2 is 1.22 bits per heavy atom. The number of nitrogens with zero attached hydrogens (tertiary/aromatic N) is 2. The molecule has 18 heavy (non-hydrogen) atoms. The molecule has 0 bridgehead atoms. The molecule has 1 aromatic carbocycles. The van der Waals surface area contributed by atoms with Gasteiger partial charge in [0.25, 0.3) is 0 Å². The average molecular weight is 238 g/mol. The molecule has 3 aromatic heterocycles. The van der Waals surface area contributed by atoms with Gasteiger partial charge in [-0.3, -0.25) is 0 Å². The summed E-state index contributed by atoms with van der Waals surface area (Å²) in [7, 11) is 0. The van der Waals surface area contributed by atoms with Gasteiger partial charge in [-0.05, 0) is 26.0 Å². The summed E-state index contributed by atoms with van der Waals surface area (Å²) in [6.45, 7) is 3.93. The molecule has 4 aromatic rings. The zero-order chi connectivity index (χ0) is 12.3. The van der Waals surface area contributed by atoms with Crippen LogP contribution >= 0.6 is 0 Å². The maximum atomic E-state index is 5.51. The smallest absolute Gasteiger partial charge is 0.179 e. The fraction of sp³-hybridized carbons (Fsp3) is 0.143. The first-order chi connectivity index (χ1) is 8.75. The molecule has 3 heterocycles. The molecular weight excluding hydrogens is 228 g/mol. The van der Waals surface area contributed by atoms with Crippen LogP contribution in [0.1, 0.15) is 11.4 Å². The Balaban J connectivity index is 2.43. The molecule has 0 amide bonds. The van der Waals surface area contributed by atoms with E-state index in [1.807, 2.05) is 26.0 Å². The van der Waals surface area contributed by atoms with Crippen molar-refractivity contribution in [3.05, 3.63) is 36.0 Å². The molecule has 0 fully saturated rings. The van der Waals surface area contributed by atoms with Crippen molar-refractivity contribution in [2.24, 2.45) is 0 Å². The molecule has 0 spiro atoms. The third-order valence-corrected chi connectivity index (χ3v) is 3.35. The molecule has 0 aliphatic carbocycles. The minimum atomic E-state index is 0.736. The summed E-state index contributed by atoms with van der Waals surface area (Å²) in [5.41, 5.74) is 5.09. The number of fused-ring (bicyclic) bond motifs is 6. The molecule has 4 rings (SSSR count). The quantitative estimate of drug-likeness (QED) is 0.468. The van der Waals surface area contributed by atoms with Gasteiger partial charge in [0.05, 0.1) is 34.7 Å². The van der Waals surface area contributed by atoms with Gasteiger partial charge >= 0.3 is 0 Å². The van der Waals surface area contributed by atoms with Gasteiger partial charge in [0, 0.05) is 0 Å². The first kappa shape index (κ1) is 9.65. The number of benzene rings is 1. The second-order valence-corrected chi connectivity index (χ2v) is 4.42. The molecule has 4 nitrogen and oxygen atoms in total. The molecule has 0 N–H and O–H groups in total. The third-order valence-electron chi connectivity index (χ3n) is 3.35. The standard InChI is InChI=1S/C14H10N2O2/c1-7-8(2)16-12-10-4-6-18-14(10)13-9(3-5-17-13)11(12)15-7/h3-6H,1-2H3. The highest BCUT2D eigenvalue weighted by molar-refractivity contribution is 6.19. The van der Waals surface area contributed by atoms with Gasteiger partial charge in [-0.25, -0.2) is 9.97 Å². The van der Waals surface area contributed by atoms with E-state index < -0.39 is 0 Å². The topological polar surface area (TPSA) is 52.1 Å². The van der Waals surface area contributed by atoms with Crippen molar-refractivity contribution >= 4 is 33.0 Å². The predicted octanol–water partition coefficient (Wildman–Crippen LogP) is 3.74. The van der Waals surface area contributed by atoms with Crippen molar-refractivity contribution in [1.82, 2.24) is 9.97 Å².